The average molecular weight is 551 g/mol. The first-order chi connectivity index (χ1) is 18.1. The Bertz CT molecular complexity index is 1310. The summed E-state index contributed by atoms with van der Waals surface area (Å²) in [5.41, 5.74) is 3.33. The van der Waals surface area contributed by atoms with Gasteiger partial charge >= 0.3 is 5.97 Å². The minimum absolute atomic E-state index is 0.0956. The van der Waals surface area contributed by atoms with Crippen LogP contribution in [-0.2, 0) is 33.6 Å². The van der Waals surface area contributed by atoms with Gasteiger partial charge in [-0.25, -0.2) is 4.79 Å². The van der Waals surface area contributed by atoms with Gasteiger partial charge in [0, 0.05) is 15.5 Å². The Balaban J connectivity index is 1.38. The zero-order valence-electron chi connectivity index (χ0n) is 22.3. The molecule has 1 heterocycles. The van der Waals surface area contributed by atoms with Gasteiger partial charge in [0.2, 0.25) is 11.8 Å². The van der Waals surface area contributed by atoms with Crippen LogP contribution in [0.1, 0.15) is 53.6 Å². The van der Waals surface area contributed by atoms with Crippen LogP contribution in [0.4, 0.5) is 10.7 Å². The highest BCUT2D eigenvalue weighted by Gasteiger charge is 2.34. The molecule has 8 heteroatoms. The summed E-state index contributed by atoms with van der Waals surface area (Å²) in [5, 5.41) is 6.47. The molecule has 0 spiro atoms. The number of carbonyl (C=O) groups is 3. The number of thiophene rings is 1. The number of benzene rings is 2. The summed E-state index contributed by atoms with van der Waals surface area (Å²) in [4.78, 5) is 40.0. The van der Waals surface area contributed by atoms with Crippen LogP contribution in [0.25, 0.3) is 0 Å². The molecule has 1 aromatic heterocycles. The molecule has 2 amide bonds. The van der Waals surface area contributed by atoms with E-state index in [-0.39, 0.29) is 23.0 Å². The van der Waals surface area contributed by atoms with Crippen LogP contribution in [0.3, 0.4) is 0 Å². The van der Waals surface area contributed by atoms with Crippen LogP contribution in [0.2, 0.25) is 0 Å². The maximum Gasteiger partial charge on any atom is 0.341 e. The Kier molecular flexibility index (Phi) is 8.95. The predicted molar refractivity (Wildman–Crippen MR) is 155 cm³/mol. The van der Waals surface area contributed by atoms with Crippen molar-refractivity contribution in [3.63, 3.8) is 0 Å². The minimum Gasteiger partial charge on any atom is -0.465 e. The quantitative estimate of drug-likeness (QED) is 0.244. The van der Waals surface area contributed by atoms with Crippen molar-refractivity contribution in [1.29, 1.82) is 0 Å². The topological polar surface area (TPSA) is 84.5 Å². The van der Waals surface area contributed by atoms with Crippen LogP contribution >= 0.6 is 23.1 Å². The summed E-state index contributed by atoms with van der Waals surface area (Å²) in [6.45, 7) is 6.75. The molecule has 0 radical (unpaired) electrons. The summed E-state index contributed by atoms with van der Waals surface area (Å²) in [6, 6.07) is 17.0. The van der Waals surface area contributed by atoms with E-state index in [1.54, 1.807) is 0 Å². The summed E-state index contributed by atoms with van der Waals surface area (Å²) in [7, 11) is 1.38. The fraction of sp³-hybridized carbons (Fsp3) is 0.367. The lowest BCUT2D eigenvalue weighted by Gasteiger charge is -2.33. The van der Waals surface area contributed by atoms with Crippen LogP contribution in [0.15, 0.2) is 59.5 Å². The molecule has 200 valence electrons. The van der Waals surface area contributed by atoms with Crippen molar-refractivity contribution in [2.75, 3.05) is 23.5 Å². The maximum atomic E-state index is 12.9. The van der Waals surface area contributed by atoms with Gasteiger partial charge in [0.25, 0.3) is 0 Å². The second-order valence-electron chi connectivity index (χ2n) is 10.6. The molecule has 0 fully saturated rings. The van der Waals surface area contributed by atoms with Gasteiger partial charge in [-0.05, 0) is 59.9 Å². The minimum atomic E-state index is -0.404. The van der Waals surface area contributed by atoms with Gasteiger partial charge in [-0.1, -0.05) is 57.2 Å². The van der Waals surface area contributed by atoms with Crippen molar-refractivity contribution in [3.8, 4) is 0 Å². The van der Waals surface area contributed by atoms with Gasteiger partial charge in [0.15, 0.2) is 0 Å². The Morgan fingerprint density at radius 3 is 2.50 bits per heavy atom. The van der Waals surface area contributed by atoms with Gasteiger partial charge in [0.1, 0.15) is 5.00 Å². The van der Waals surface area contributed by atoms with Crippen molar-refractivity contribution in [3.05, 3.63) is 76.2 Å². The van der Waals surface area contributed by atoms with Crippen molar-refractivity contribution in [1.82, 2.24) is 0 Å². The zero-order chi connectivity index (χ0) is 27.3. The molecule has 0 bridgehead atoms. The second-order valence-corrected chi connectivity index (χ2v) is 12.7. The lowest BCUT2D eigenvalue weighted by Crippen LogP contribution is -2.26. The van der Waals surface area contributed by atoms with E-state index in [4.69, 9.17) is 4.74 Å². The first kappa shape index (κ1) is 27.9. The third kappa shape index (κ3) is 7.05. The number of esters is 1. The van der Waals surface area contributed by atoms with Gasteiger partial charge < -0.3 is 15.4 Å². The molecule has 1 unspecified atom stereocenters. The molecule has 4 rings (SSSR count). The second kappa shape index (κ2) is 12.2. The van der Waals surface area contributed by atoms with Crippen molar-refractivity contribution in [2.45, 2.75) is 51.3 Å². The normalized spacial score (nSPS) is 14.9. The third-order valence-corrected chi connectivity index (χ3v) is 8.99. The van der Waals surface area contributed by atoms with Crippen molar-refractivity contribution in [2.24, 2.45) is 11.3 Å². The van der Waals surface area contributed by atoms with E-state index in [1.807, 2.05) is 54.6 Å². The molecule has 1 aliphatic rings. The Morgan fingerprint density at radius 2 is 1.79 bits per heavy atom. The molecule has 6 nitrogen and oxygen atoms in total. The van der Waals surface area contributed by atoms with Crippen molar-refractivity contribution < 1.29 is 19.1 Å². The number of fused-ring (bicyclic) bond motifs is 1. The smallest absolute Gasteiger partial charge is 0.341 e. The van der Waals surface area contributed by atoms with E-state index >= 15 is 0 Å². The number of carbonyl (C=O) groups excluding carboxylic acids is 3. The summed E-state index contributed by atoms with van der Waals surface area (Å²) in [5.74, 6) is 0.0126. The molecule has 0 saturated heterocycles. The molecular weight excluding hydrogens is 516 g/mol. The van der Waals surface area contributed by atoms with E-state index < -0.39 is 5.97 Å². The predicted octanol–water partition coefficient (Wildman–Crippen LogP) is 6.60. The first-order valence-electron chi connectivity index (χ1n) is 12.7. The summed E-state index contributed by atoms with van der Waals surface area (Å²) in [6.07, 6.45) is 3.02. The number of hydrogen-bond acceptors (Lipinski definition) is 6. The number of anilines is 2. The molecule has 2 aromatic carbocycles. The van der Waals surface area contributed by atoms with Crippen LogP contribution in [0, 0.1) is 11.3 Å². The molecule has 1 atom stereocenters. The SMILES string of the molecule is COC(=O)c1c(NC(=O)CSc2cccc(NC(=O)Cc3ccccc3)c2)sc2c1CCC(C(C)(C)C)C2. The number of amides is 2. The van der Waals surface area contributed by atoms with Crippen LogP contribution in [-0.4, -0.2) is 30.6 Å². The highest BCUT2D eigenvalue weighted by Crippen LogP contribution is 2.44. The van der Waals surface area contributed by atoms with E-state index in [0.29, 0.717) is 28.6 Å². The Hall–Kier alpha value is -3.10. The van der Waals surface area contributed by atoms with Gasteiger partial charge in [-0.3, -0.25) is 9.59 Å². The Labute approximate surface area is 232 Å². The number of methoxy groups -OCH3 is 1. The lowest BCUT2D eigenvalue weighted by molar-refractivity contribution is -0.115. The van der Waals surface area contributed by atoms with E-state index in [2.05, 4.69) is 31.4 Å². The van der Waals surface area contributed by atoms with E-state index in [9.17, 15) is 14.4 Å². The highest BCUT2D eigenvalue weighted by atomic mass is 32.2. The molecule has 38 heavy (non-hydrogen) atoms. The van der Waals surface area contributed by atoms with Gasteiger partial charge in [-0.2, -0.15) is 0 Å². The van der Waals surface area contributed by atoms with Gasteiger partial charge in [0.05, 0.1) is 24.8 Å². The average Bonchev–Trinajstić information content (AvgIpc) is 3.24. The van der Waals surface area contributed by atoms with E-state index in [1.165, 1.54) is 35.1 Å². The summed E-state index contributed by atoms with van der Waals surface area (Å²) < 4.78 is 5.07. The molecular formula is C30H34N2O4S2. The fourth-order valence-electron chi connectivity index (χ4n) is 4.69. The fourth-order valence-corrected chi connectivity index (χ4v) is 6.78. The number of thioether (sulfide) groups is 1. The maximum absolute atomic E-state index is 12.9. The first-order valence-corrected chi connectivity index (χ1v) is 14.5. The lowest BCUT2D eigenvalue weighted by atomic mass is 9.72. The summed E-state index contributed by atoms with van der Waals surface area (Å²) >= 11 is 2.87. The third-order valence-electron chi connectivity index (χ3n) is 6.83. The number of nitrogens with one attached hydrogen (secondary N) is 2. The van der Waals surface area contributed by atoms with Crippen LogP contribution in [0.5, 0.6) is 0 Å². The number of rotatable bonds is 8. The molecule has 2 N–H and O–H groups in total. The molecule has 1 aliphatic carbocycles. The standard InChI is InChI=1S/C30H34N2O4S2/c1-30(2,3)20-13-14-23-24(16-20)38-28(27(23)29(35)36-4)32-26(34)18-37-22-12-8-11-21(17-22)31-25(33)15-19-9-6-5-7-10-19/h5-12,17,20H,13-16,18H2,1-4H3,(H,31,33)(H,32,34). The zero-order valence-corrected chi connectivity index (χ0v) is 23.9. The van der Waals surface area contributed by atoms with E-state index in [0.717, 1.165) is 35.3 Å². The Morgan fingerprint density at radius 1 is 1.03 bits per heavy atom. The van der Waals surface area contributed by atoms with Crippen molar-refractivity contribution >= 4 is 51.6 Å². The molecule has 0 aliphatic heterocycles. The van der Waals surface area contributed by atoms with Gasteiger partial charge in [-0.15, -0.1) is 23.1 Å². The highest BCUT2D eigenvalue weighted by molar-refractivity contribution is 8.00. The largest absolute Gasteiger partial charge is 0.465 e. The number of ether oxygens (including phenoxy) is 1. The van der Waals surface area contributed by atoms with Crippen LogP contribution < -0.4 is 10.6 Å². The molecule has 0 saturated carbocycles. The molecule has 3 aromatic rings. The monoisotopic (exact) mass is 550 g/mol. The number of hydrogen-bond donors (Lipinski definition) is 2.